The van der Waals surface area contributed by atoms with Gasteiger partial charge in [0.25, 0.3) is 0 Å². The molecule has 4 fully saturated rings. The van der Waals surface area contributed by atoms with E-state index in [0.29, 0.717) is 62.7 Å². The van der Waals surface area contributed by atoms with Crippen molar-refractivity contribution in [1.29, 1.82) is 0 Å². The molecule has 6 rings (SSSR count). The highest BCUT2D eigenvalue weighted by atomic mass is 16.3. The van der Waals surface area contributed by atoms with E-state index in [-0.39, 0.29) is 94.7 Å². The van der Waals surface area contributed by atoms with Crippen LogP contribution in [0, 0.1) is 23.2 Å². The fourth-order valence-corrected chi connectivity index (χ4v) is 13.4. The molecule has 15 atom stereocenters. The number of hydrogen-bond acceptors (Lipinski definition) is 17. The predicted molar refractivity (Wildman–Crippen MR) is 350 cm³/mol. The maximum atomic E-state index is 14.9. The molecule has 530 valence electrons. The lowest BCUT2D eigenvalue weighted by molar-refractivity contribution is -0.143. The van der Waals surface area contributed by atoms with Crippen molar-refractivity contribution >= 4 is 76.6 Å². The van der Waals surface area contributed by atoms with E-state index < -0.39 is 155 Å². The molecule has 4 heterocycles. The minimum absolute atomic E-state index is 0.0115. The average Bonchev–Trinajstić information content (AvgIpc) is 1.76. The van der Waals surface area contributed by atoms with Crippen LogP contribution in [-0.2, 0) is 64.0 Å². The standard InChI is InChI=1S/C66H106N14O15/c1-9-15-45-58(88)70-35(3)57(87)76-47(30-38-23-25-42(83)26-24-38)60(90)75-46(16-10-2)59(89)78-53(36(4)81)63(93)73-44(55(67)86)20-12-22-51(84)71-41-18-11-17-39(29-41)31-49(72-52(85)33-66(6,7)8)65(95)80-28-14-21-50(80)62(92)79-54(37(5)82)64(94)77-48(61(91)74-45)32-40-34-69-56-43(40)19-13-27-68-56/h11,17-18,29,35-38,40,42-50,53-54,56,68-69,81-83H,9-10,12-16,19-28,30-34H2,1-8H3,(H2,67,86)(H,70,88)(H,71,84)(H,72,85)(H,73,93)(H,74,91)(H,75,90)(H,76,87)(H,77,94)(H,78,89)(H,79,92)/t35-,36+,37+,38?,40?,42?,43?,44-,45-,46-,47-,48-,49-,50-,53-,54-,56?/m0/s1. The molecule has 5 aliphatic rings. The Bertz CT molecular complexity index is 2860. The first kappa shape index (κ1) is 76.7. The third kappa shape index (κ3) is 23.2. The van der Waals surface area contributed by atoms with Crippen molar-refractivity contribution in [2.75, 3.05) is 25.0 Å². The molecule has 95 heavy (non-hydrogen) atoms. The average molecular weight is 1340 g/mol. The quantitative estimate of drug-likeness (QED) is 0.111. The lowest BCUT2D eigenvalue weighted by Crippen LogP contribution is -2.62. The first-order valence-corrected chi connectivity index (χ1v) is 34.2. The molecule has 0 spiro atoms. The maximum Gasteiger partial charge on any atom is 0.246 e. The molecule has 29 heteroatoms. The number of nitrogens with zero attached hydrogens (tertiary/aromatic N) is 1. The minimum atomic E-state index is -1.68. The molecule has 17 N–H and O–H groups in total. The minimum Gasteiger partial charge on any atom is -0.393 e. The summed E-state index contributed by atoms with van der Waals surface area (Å²) < 4.78 is 0. The molecule has 1 aliphatic carbocycles. The number of benzene rings is 1. The number of aliphatic hydroxyl groups excluding tert-OH is 3. The van der Waals surface area contributed by atoms with Gasteiger partial charge in [-0.25, -0.2) is 0 Å². The number of aliphatic hydroxyl groups is 3. The van der Waals surface area contributed by atoms with Crippen LogP contribution in [0.15, 0.2) is 24.3 Å². The number of hydrogen-bond donors (Lipinski definition) is 16. The summed E-state index contributed by atoms with van der Waals surface area (Å²) in [4.78, 5) is 171. The van der Waals surface area contributed by atoms with Gasteiger partial charge in [-0.3, -0.25) is 57.5 Å². The summed E-state index contributed by atoms with van der Waals surface area (Å²) in [7, 11) is 0. The number of nitrogens with two attached hydrogens (primary N) is 1. The summed E-state index contributed by atoms with van der Waals surface area (Å²) in [5, 5.41) is 66.3. The SMILES string of the molecule is CCC[C@@H]1NC(=O)[C@H](CC2CNC3NCCCC23)NC(=O)[C@H]([C@@H](C)O)NC(=O)[C@@H]2CCCN2C(=O)[C@@H](NC(=O)CC(C)(C)C)Cc2cccc(c2)NC(=O)CCC[C@@H](C(N)=O)NC(=O)[C@H]([C@@H](C)O)NC(=O)[C@H](CCC)NC(=O)[C@H](CC2CCC(O)CC2)NC(=O)[C@H](C)NC1=O. The lowest BCUT2D eigenvalue weighted by atomic mass is 9.83. The second kappa shape index (κ2) is 36.1. The van der Waals surface area contributed by atoms with Crippen molar-refractivity contribution in [2.24, 2.45) is 28.9 Å². The summed E-state index contributed by atoms with van der Waals surface area (Å²) in [5.41, 5.74) is 6.06. The molecule has 12 amide bonds. The highest BCUT2D eigenvalue weighted by Gasteiger charge is 2.44. The second-order valence-electron chi connectivity index (χ2n) is 27.9. The van der Waals surface area contributed by atoms with Gasteiger partial charge in [0, 0.05) is 31.5 Å². The highest BCUT2D eigenvalue weighted by Crippen LogP contribution is 2.33. The first-order chi connectivity index (χ1) is 44.9. The number of amides is 12. The lowest BCUT2D eigenvalue weighted by Gasteiger charge is -2.33. The van der Waals surface area contributed by atoms with Crippen LogP contribution in [0.5, 0.6) is 0 Å². The summed E-state index contributed by atoms with van der Waals surface area (Å²) in [5.74, 6) is -9.50. The van der Waals surface area contributed by atoms with E-state index in [4.69, 9.17) is 5.73 Å². The molecule has 29 nitrogen and oxygen atoms in total. The molecule has 3 saturated heterocycles. The highest BCUT2D eigenvalue weighted by molar-refractivity contribution is 5.99. The molecule has 4 aliphatic heterocycles. The monoisotopic (exact) mass is 1330 g/mol. The van der Waals surface area contributed by atoms with E-state index in [1.54, 1.807) is 38.1 Å². The Morgan fingerprint density at radius 1 is 0.663 bits per heavy atom. The summed E-state index contributed by atoms with van der Waals surface area (Å²) in [6.07, 6.45) is 1.00. The van der Waals surface area contributed by atoms with Crippen LogP contribution in [0.2, 0.25) is 0 Å². The third-order valence-electron chi connectivity index (χ3n) is 18.6. The number of carbonyl (C=O) groups is 12. The van der Waals surface area contributed by atoms with Crippen LogP contribution >= 0.6 is 0 Å². The normalized spacial score (nSPS) is 31.4. The number of fused-ring (bicyclic) bond motifs is 4. The van der Waals surface area contributed by atoms with Crippen molar-refractivity contribution in [3.63, 3.8) is 0 Å². The van der Waals surface area contributed by atoms with E-state index in [1.807, 2.05) is 20.8 Å². The molecule has 3 unspecified atom stereocenters. The first-order valence-electron chi connectivity index (χ1n) is 34.2. The molecule has 0 aromatic heterocycles. The molecule has 0 radical (unpaired) electrons. The summed E-state index contributed by atoms with van der Waals surface area (Å²) >= 11 is 0. The van der Waals surface area contributed by atoms with E-state index in [9.17, 15) is 72.9 Å². The van der Waals surface area contributed by atoms with E-state index in [1.165, 1.54) is 25.7 Å². The van der Waals surface area contributed by atoms with Gasteiger partial charge in [0.15, 0.2) is 0 Å². The Labute approximate surface area is 556 Å². The number of anilines is 1. The Kier molecular flexibility index (Phi) is 29.2. The smallest absolute Gasteiger partial charge is 0.246 e. The fourth-order valence-electron chi connectivity index (χ4n) is 13.4. The maximum absolute atomic E-state index is 14.9. The van der Waals surface area contributed by atoms with Gasteiger partial charge in [0.05, 0.1) is 24.5 Å². The topological polar surface area (TPSA) is 439 Å². The van der Waals surface area contributed by atoms with Gasteiger partial charge < -0.3 is 89.8 Å². The van der Waals surface area contributed by atoms with Crippen LogP contribution in [0.1, 0.15) is 177 Å². The predicted octanol–water partition coefficient (Wildman–Crippen LogP) is -1.11. The van der Waals surface area contributed by atoms with Crippen LogP contribution in [-0.4, -0.2) is 196 Å². The van der Waals surface area contributed by atoms with Gasteiger partial charge in [0.2, 0.25) is 70.9 Å². The van der Waals surface area contributed by atoms with E-state index in [2.05, 4.69) is 63.8 Å². The molecule has 2 bridgehead atoms. The van der Waals surface area contributed by atoms with Crippen LogP contribution < -0.4 is 69.5 Å². The van der Waals surface area contributed by atoms with Crippen LogP contribution in [0.3, 0.4) is 0 Å². The third-order valence-corrected chi connectivity index (χ3v) is 18.6. The van der Waals surface area contributed by atoms with E-state index in [0.717, 1.165) is 19.4 Å². The second-order valence-corrected chi connectivity index (χ2v) is 27.9. The van der Waals surface area contributed by atoms with Gasteiger partial charge >= 0.3 is 0 Å². The van der Waals surface area contributed by atoms with Crippen molar-refractivity contribution < 1.29 is 72.9 Å². The van der Waals surface area contributed by atoms with Gasteiger partial charge in [0.1, 0.15) is 60.4 Å². The van der Waals surface area contributed by atoms with Gasteiger partial charge in [-0.1, -0.05) is 59.6 Å². The zero-order valence-corrected chi connectivity index (χ0v) is 56.4. The van der Waals surface area contributed by atoms with E-state index >= 15 is 0 Å². The van der Waals surface area contributed by atoms with Crippen molar-refractivity contribution in [3.8, 4) is 0 Å². The molecular weight excluding hydrogens is 1230 g/mol. The number of piperidine rings is 1. The number of primary amides is 1. The molecule has 1 aromatic carbocycles. The summed E-state index contributed by atoms with van der Waals surface area (Å²) in [6, 6.07) is -7.12. The summed E-state index contributed by atoms with van der Waals surface area (Å²) in [6.45, 7) is 14.4. The Balaban J connectivity index is 1.33. The molecular formula is C66H106N14O15. The number of nitrogens with one attached hydrogen (secondary N) is 12. The Morgan fingerprint density at radius 3 is 1.85 bits per heavy atom. The largest absolute Gasteiger partial charge is 0.393 e. The zero-order chi connectivity index (χ0) is 69.8. The molecule has 1 aromatic rings. The molecule has 1 saturated carbocycles. The van der Waals surface area contributed by atoms with Crippen molar-refractivity contribution in [1.82, 2.24) is 63.4 Å². The Hall–Kier alpha value is -7.34. The van der Waals surface area contributed by atoms with Gasteiger partial charge in [-0.05, 0) is 165 Å². The Morgan fingerprint density at radius 2 is 1.24 bits per heavy atom. The van der Waals surface area contributed by atoms with Gasteiger partial charge in [-0.15, -0.1) is 0 Å². The number of carbonyl (C=O) groups excluding carboxylic acids is 12. The zero-order valence-electron chi connectivity index (χ0n) is 56.4. The fraction of sp³-hybridized carbons (Fsp3) is 0.727. The van der Waals surface area contributed by atoms with Crippen LogP contribution in [0.4, 0.5) is 5.69 Å². The van der Waals surface area contributed by atoms with Crippen molar-refractivity contribution in [2.45, 2.75) is 262 Å². The van der Waals surface area contributed by atoms with Gasteiger partial charge in [-0.2, -0.15) is 0 Å². The van der Waals surface area contributed by atoms with Crippen LogP contribution in [0.25, 0.3) is 0 Å². The van der Waals surface area contributed by atoms with Crippen molar-refractivity contribution in [3.05, 3.63) is 29.8 Å². The number of rotatable bonds is 13.